The largest absolute Gasteiger partial charge is 0.497 e. The molecule has 0 aliphatic heterocycles. The second-order valence-electron chi connectivity index (χ2n) is 5.33. The maximum atomic E-state index is 10.2. The summed E-state index contributed by atoms with van der Waals surface area (Å²) in [6, 6.07) is 14.2. The minimum absolute atomic E-state index is 0.371. The fraction of sp³-hybridized carbons (Fsp3) is 0.333. The van der Waals surface area contributed by atoms with Gasteiger partial charge in [-0.1, -0.05) is 30.3 Å². The van der Waals surface area contributed by atoms with Crippen molar-refractivity contribution >= 4 is 0 Å². The first kappa shape index (κ1) is 14.6. The van der Waals surface area contributed by atoms with E-state index in [1.807, 2.05) is 24.3 Å². The number of ether oxygens (including phenoxy) is 1. The van der Waals surface area contributed by atoms with Gasteiger partial charge in [-0.15, -0.1) is 0 Å². The highest BCUT2D eigenvalue weighted by Crippen LogP contribution is 2.16. The first-order chi connectivity index (χ1) is 9.58. The Bertz CT molecular complexity index is 575. The fourth-order valence-corrected chi connectivity index (χ4v) is 2.35. The lowest BCUT2D eigenvalue weighted by molar-refractivity contribution is 0.175. The fourth-order valence-electron chi connectivity index (χ4n) is 2.35. The molecular formula is C18H22O2. The van der Waals surface area contributed by atoms with E-state index in [1.54, 1.807) is 7.11 Å². The van der Waals surface area contributed by atoms with Gasteiger partial charge < -0.3 is 9.84 Å². The lowest BCUT2D eigenvalue weighted by Crippen LogP contribution is -2.14. The maximum absolute atomic E-state index is 10.2. The topological polar surface area (TPSA) is 29.5 Å². The van der Waals surface area contributed by atoms with Crippen molar-refractivity contribution in [2.75, 3.05) is 7.11 Å². The molecule has 1 atom stereocenters. The monoisotopic (exact) mass is 270 g/mol. The van der Waals surface area contributed by atoms with E-state index in [1.165, 1.54) is 16.7 Å². The molecule has 106 valence electrons. The Morgan fingerprint density at radius 1 is 0.950 bits per heavy atom. The average Bonchev–Trinajstić information content (AvgIpc) is 2.43. The van der Waals surface area contributed by atoms with Crippen LogP contribution in [-0.4, -0.2) is 18.3 Å². The van der Waals surface area contributed by atoms with E-state index in [0.29, 0.717) is 12.8 Å². The third-order valence-corrected chi connectivity index (χ3v) is 3.65. The van der Waals surface area contributed by atoms with Crippen LogP contribution in [-0.2, 0) is 12.8 Å². The maximum Gasteiger partial charge on any atom is 0.119 e. The van der Waals surface area contributed by atoms with Gasteiger partial charge in [0, 0.05) is 0 Å². The SMILES string of the molecule is COc1cccc(CC(O)Cc2ccc(C)c(C)c2)c1. The molecule has 0 aromatic heterocycles. The van der Waals surface area contributed by atoms with Crippen molar-refractivity contribution in [3.8, 4) is 5.75 Å². The number of aliphatic hydroxyl groups excluding tert-OH is 1. The van der Waals surface area contributed by atoms with Gasteiger partial charge in [0.15, 0.2) is 0 Å². The molecule has 0 radical (unpaired) electrons. The van der Waals surface area contributed by atoms with E-state index >= 15 is 0 Å². The lowest BCUT2D eigenvalue weighted by Gasteiger charge is -2.12. The number of aliphatic hydroxyl groups is 1. The number of aryl methyl sites for hydroxylation is 2. The first-order valence-electron chi connectivity index (χ1n) is 6.95. The molecule has 2 heteroatoms. The van der Waals surface area contributed by atoms with Crippen molar-refractivity contribution in [3.63, 3.8) is 0 Å². The summed E-state index contributed by atoms with van der Waals surface area (Å²) >= 11 is 0. The highest BCUT2D eigenvalue weighted by molar-refractivity contribution is 5.31. The Labute approximate surface area is 121 Å². The molecule has 2 rings (SSSR count). The molecule has 0 aliphatic carbocycles. The van der Waals surface area contributed by atoms with Crippen LogP contribution in [0.5, 0.6) is 5.75 Å². The molecule has 20 heavy (non-hydrogen) atoms. The van der Waals surface area contributed by atoms with Crippen LogP contribution in [0.25, 0.3) is 0 Å². The van der Waals surface area contributed by atoms with Crippen LogP contribution in [0.3, 0.4) is 0 Å². The molecule has 1 N–H and O–H groups in total. The predicted molar refractivity (Wildman–Crippen MR) is 82.3 cm³/mol. The summed E-state index contributed by atoms with van der Waals surface area (Å²) in [6.07, 6.45) is 0.951. The van der Waals surface area contributed by atoms with Gasteiger partial charge in [0.05, 0.1) is 13.2 Å². The molecule has 0 saturated heterocycles. The van der Waals surface area contributed by atoms with E-state index < -0.39 is 0 Å². The molecule has 2 aromatic rings. The van der Waals surface area contributed by atoms with Crippen LogP contribution in [0.4, 0.5) is 0 Å². The Morgan fingerprint density at radius 3 is 2.30 bits per heavy atom. The summed E-state index contributed by atoms with van der Waals surface area (Å²) in [6.45, 7) is 4.21. The predicted octanol–water partition coefficient (Wildman–Crippen LogP) is 3.46. The van der Waals surface area contributed by atoms with Gasteiger partial charge in [0.2, 0.25) is 0 Å². The van der Waals surface area contributed by atoms with Crippen LogP contribution < -0.4 is 4.74 Å². The zero-order chi connectivity index (χ0) is 14.5. The highest BCUT2D eigenvalue weighted by Gasteiger charge is 2.08. The third kappa shape index (κ3) is 3.84. The van der Waals surface area contributed by atoms with E-state index in [2.05, 4.69) is 32.0 Å². The highest BCUT2D eigenvalue weighted by atomic mass is 16.5. The number of hydrogen-bond donors (Lipinski definition) is 1. The standard InChI is InChI=1S/C18H22O2/c1-13-7-8-16(9-14(13)2)11-17(19)10-15-5-4-6-18(12-15)20-3/h4-9,12,17,19H,10-11H2,1-3H3. The molecule has 0 amide bonds. The van der Waals surface area contributed by atoms with Crippen LogP contribution in [0.1, 0.15) is 22.3 Å². The minimum atomic E-state index is -0.371. The van der Waals surface area contributed by atoms with Gasteiger partial charge in [-0.2, -0.15) is 0 Å². The van der Waals surface area contributed by atoms with Crippen molar-refractivity contribution in [3.05, 3.63) is 64.7 Å². The van der Waals surface area contributed by atoms with Gasteiger partial charge >= 0.3 is 0 Å². The molecular weight excluding hydrogens is 248 g/mol. The van der Waals surface area contributed by atoms with Crippen LogP contribution in [0.15, 0.2) is 42.5 Å². The van der Waals surface area contributed by atoms with E-state index in [9.17, 15) is 5.11 Å². The summed E-state index contributed by atoms with van der Waals surface area (Å²) < 4.78 is 5.20. The van der Waals surface area contributed by atoms with Crippen molar-refractivity contribution in [1.29, 1.82) is 0 Å². The molecule has 0 fully saturated rings. The van der Waals surface area contributed by atoms with Gasteiger partial charge in [-0.25, -0.2) is 0 Å². The van der Waals surface area contributed by atoms with Crippen molar-refractivity contribution in [2.24, 2.45) is 0 Å². The minimum Gasteiger partial charge on any atom is -0.497 e. The summed E-state index contributed by atoms with van der Waals surface area (Å²) in [5.74, 6) is 0.834. The molecule has 1 unspecified atom stereocenters. The summed E-state index contributed by atoms with van der Waals surface area (Å²) in [7, 11) is 1.66. The first-order valence-corrected chi connectivity index (χ1v) is 6.95. The zero-order valence-electron chi connectivity index (χ0n) is 12.4. The Balaban J connectivity index is 2.00. The van der Waals surface area contributed by atoms with Gasteiger partial charge in [-0.3, -0.25) is 0 Å². The smallest absolute Gasteiger partial charge is 0.119 e. The molecule has 0 saturated carbocycles. The molecule has 0 aliphatic rings. The van der Waals surface area contributed by atoms with Crippen molar-refractivity contribution < 1.29 is 9.84 Å². The molecule has 2 nitrogen and oxygen atoms in total. The molecule has 0 heterocycles. The number of hydrogen-bond acceptors (Lipinski definition) is 2. The van der Waals surface area contributed by atoms with Gasteiger partial charge in [0.25, 0.3) is 0 Å². The van der Waals surface area contributed by atoms with Gasteiger partial charge in [0.1, 0.15) is 5.75 Å². The average molecular weight is 270 g/mol. The van der Waals surface area contributed by atoms with E-state index in [0.717, 1.165) is 11.3 Å². The Morgan fingerprint density at radius 2 is 1.65 bits per heavy atom. The van der Waals surface area contributed by atoms with Gasteiger partial charge in [-0.05, 0) is 61.1 Å². The third-order valence-electron chi connectivity index (χ3n) is 3.65. The quantitative estimate of drug-likeness (QED) is 0.901. The van der Waals surface area contributed by atoms with Crippen molar-refractivity contribution in [1.82, 2.24) is 0 Å². The summed E-state index contributed by atoms with van der Waals surface area (Å²) in [5.41, 5.74) is 4.84. The number of rotatable bonds is 5. The lowest BCUT2D eigenvalue weighted by atomic mass is 9.98. The Kier molecular flexibility index (Phi) is 4.80. The molecule has 0 spiro atoms. The second kappa shape index (κ2) is 6.58. The number of methoxy groups -OCH3 is 1. The molecule has 0 bridgehead atoms. The van der Waals surface area contributed by atoms with E-state index in [4.69, 9.17) is 4.74 Å². The summed E-state index contributed by atoms with van der Waals surface area (Å²) in [5, 5.41) is 10.2. The normalized spacial score (nSPS) is 12.2. The van der Waals surface area contributed by atoms with E-state index in [-0.39, 0.29) is 6.10 Å². The van der Waals surface area contributed by atoms with Crippen LogP contribution >= 0.6 is 0 Å². The van der Waals surface area contributed by atoms with Crippen LogP contribution in [0.2, 0.25) is 0 Å². The van der Waals surface area contributed by atoms with Crippen LogP contribution in [0, 0.1) is 13.8 Å². The summed E-state index contributed by atoms with van der Waals surface area (Å²) in [4.78, 5) is 0. The molecule has 2 aromatic carbocycles. The Hall–Kier alpha value is -1.80. The zero-order valence-corrected chi connectivity index (χ0v) is 12.4. The van der Waals surface area contributed by atoms with Crippen molar-refractivity contribution in [2.45, 2.75) is 32.8 Å². The number of benzene rings is 2. The second-order valence-corrected chi connectivity index (χ2v) is 5.33.